The number of imidazole rings is 1. The van der Waals surface area contributed by atoms with E-state index in [-0.39, 0.29) is 0 Å². The molecule has 0 bridgehead atoms. The van der Waals surface area contributed by atoms with Gasteiger partial charge in [-0.1, -0.05) is 0 Å². The summed E-state index contributed by atoms with van der Waals surface area (Å²) in [5.41, 5.74) is 9.83. The molecule has 0 aliphatic heterocycles. The molecule has 3 heterocycles. The number of nitrogens with zero attached hydrogens (tertiary/aromatic N) is 4. The van der Waals surface area contributed by atoms with Crippen molar-refractivity contribution in [3.63, 3.8) is 0 Å². The Morgan fingerprint density at radius 2 is 2.12 bits per heavy atom. The van der Waals surface area contributed by atoms with Crippen LogP contribution in [0.3, 0.4) is 0 Å². The minimum Gasteiger partial charge on any atom is -0.383 e. The average Bonchev–Trinajstić information content (AvgIpc) is 2.83. The van der Waals surface area contributed by atoms with Crippen LogP contribution >= 0.6 is 0 Å². The van der Waals surface area contributed by atoms with Gasteiger partial charge in [0.05, 0.1) is 5.69 Å². The first-order valence-corrected chi connectivity index (χ1v) is 5.39. The van der Waals surface area contributed by atoms with E-state index in [0.717, 1.165) is 17.0 Å². The Bertz CT molecular complexity index is 692. The summed E-state index contributed by atoms with van der Waals surface area (Å²) in [5.74, 6) is 0.642. The van der Waals surface area contributed by atoms with Crippen molar-refractivity contribution in [2.24, 2.45) is 7.05 Å². The number of pyridine rings is 1. The number of hydrogen-bond acceptors (Lipinski definition) is 3. The SMILES string of the molecule is Cc1ccn2c(N)c(-c3ccnn3C)nc2c1. The van der Waals surface area contributed by atoms with Crippen LogP contribution in [0.1, 0.15) is 5.56 Å². The second-order valence-corrected chi connectivity index (χ2v) is 4.12. The minimum atomic E-state index is 0.642. The third kappa shape index (κ3) is 1.39. The standard InChI is InChI=1S/C12H13N5/c1-8-4-6-17-10(7-8)15-11(12(17)13)9-3-5-14-16(9)2/h3-7H,13H2,1-2H3. The number of aryl methyl sites for hydroxylation is 2. The molecule has 0 saturated heterocycles. The Hall–Kier alpha value is -2.30. The summed E-state index contributed by atoms with van der Waals surface area (Å²) in [6.07, 6.45) is 3.68. The Kier molecular flexibility index (Phi) is 1.95. The fourth-order valence-corrected chi connectivity index (χ4v) is 1.96. The van der Waals surface area contributed by atoms with Gasteiger partial charge in [-0.15, -0.1) is 0 Å². The summed E-state index contributed by atoms with van der Waals surface area (Å²) < 4.78 is 3.65. The van der Waals surface area contributed by atoms with E-state index < -0.39 is 0 Å². The fourth-order valence-electron chi connectivity index (χ4n) is 1.96. The number of nitrogens with two attached hydrogens (primary N) is 1. The third-order valence-electron chi connectivity index (χ3n) is 2.88. The largest absolute Gasteiger partial charge is 0.383 e. The molecule has 86 valence electrons. The van der Waals surface area contributed by atoms with E-state index >= 15 is 0 Å². The molecule has 0 aliphatic carbocycles. The quantitative estimate of drug-likeness (QED) is 0.687. The maximum atomic E-state index is 6.11. The van der Waals surface area contributed by atoms with Crippen LogP contribution in [0.15, 0.2) is 30.6 Å². The molecule has 0 fully saturated rings. The van der Waals surface area contributed by atoms with Crippen molar-refractivity contribution in [3.8, 4) is 11.4 Å². The normalized spacial score (nSPS) is 11.2. The molecule has 0 spiro atoms. The lowest BCUT2D eigenvalue weighted by molar-refractivity contribution is 0.774. The van der Waals surface area contributed by atoms with Gasteiger partial charge < -0.3 is 5.73 Å². The van der Waals surface area contributed by atoms with Gasteiger partial charge in [0.25, 0.3) is 0 Å². The van der Waals surface area contributed by atoms with Gasteiger partial charge in [0, 0.05) is 19.4 Å². The monoisotopic (exact) mass is 227 g/mol. The molecule has 5 nitrogen and oxygen atoms in total. The van der Waals surface area contributed by atoms with Gasteiger partial charge in [-0.25, -0.2) is 4.98 Å². The van der Waals surface area contributed by atoms with E-state index in [0.29, 0.717) is 5.82 Å². The smallest absolute Gasteiger partial charge is 0.139 e. The molecule has 0 aliphatic rings. The third-order valence-corrected chi connectivity index (χ3v) is 2.88. The van der Waals surface area contributed by atoms with E-state index in [4.69, 9.17) is 5.73 Å². The van der Waals surface area contributed by atoms with Crippen molar-refractivity contribution < 1.29 is 0 Å². The molecule has 2 N–H and O–H groups in total. The lowest BCUT2D eigenvalue weighted by Gasteiger charge is -1.99. The molecule has 3 aromatic rings. The van der Waals surface area contributed by atoms with Crippen molar-refractivity contribution in [3.05, 3.63) is 36.2 Å². The topological polar surface area (TPSA) is 61.1 Å². The minimum absolute atomic E-state index is 0.642. The van der Waals surface area contributed by atoms with Gasteiger partial charge in [0.15, 0.2) is 0 Å². The summed E-state index contributed by atoms with van der Waals surface area (Å²) in [6.45, 7) is 2.04. The Morgan fingerprint density at radius 3 is 2.82 bits per heavy atom. The van der Waals surface area contributed by atoms with E-state index in [1.54, 1.807) is 10.9 Å². The van der Waals surface area contributed by atoms with Crippen molar-refractivity contribution in [2.45, 2.75) is 6.92 Å². The zero-order chi connectivity index (χ0) is 12.0. The fraction of sp³-hybridized carbons (Fsp3) is 0.167. The first kappa shape index (κ1) is 9.89. The van der Waals surface area contributed by atoms with Crippen LogP contribution in [0.25, 0.3) is 17.0 Å². The highest BCUT2D eigenvalue weighted by Gasteiger charge is 2.13. The van der Waals surface area contributed by atoms with Crippen LogP contribution in [0.2, 0.25) is 0 Å². The van der Waals surface area contributed by atoms with Crippen molar-refractivity contribution in [1.82, 2.24) is 19.2 Å². The molecule has 0 unspecified atom stereocenters. The van der Waals surface area contributed by atoms with Crippen molar-refractivity contribution in [1.29, 1.82) is 0 Å². The van der Waals surface area contributed by atoms with Gasteiger partial charge >= 0.3 is 0 Å². The Labute approximate surface area is 98.5 Å². The van der Waals surface area contributed by atoms with Crippen molar-refractivity contribution in [2.75, 3.05) is 5.73 Å². The predicted molar refractivity (Wildman–Crippen MR) is 66.5 cm³/mol. The van der Waals surface area contributed by atoms with Crippen LogP contribution in [0.5, 0.6) is 0 Å². The Balaban J connectivity index is 2.31. The maximum Gasteiger partial charge on any atom is 0.139 e. The molecule has 3 aromatic heterocycles. The van der Waals surface area contributed by atoms with E-state index in [1.165, 1.54) is 5.56 Å². The molecular formula is C12H13N5. The number of nitrogen functional groups attached to an aromatic ring is 1. The highest BCUT2D eigenvalue weighted by Crippen LogP contribution is 2.25. The molecule has 5 heteroatoms. The van der Waals surface area contributed by atoms with Crippen LogP contribution < -0.4 is 5.73 Å². The first-order valence-electron chi connectivity index (χ1n) is 5.39. The molecule has 0 aromatic carbocycles. The van der Waals surface area contributed by atoms with E-state index in [1.807, 2.05) is 42.8 Å². The molecule has 0 atom stereocenters. The lowest BCUT2D eigenvalue weighted by atomic mass is 10.3. The van der Waals surface area contributed by atoms with Gasteiger partial charge in [-0.3, -0.25) is 9.08 Å². The summed E-state index contributed by atoms with van der Waals surface area (Å²) in [5, 5.41) is 4.13. The van der Waals surface area contributed by atoms with Gasteiger partial charge in [0.1, 0.15) is 17.2 Å². The summed E-state index contributed by atoms with van der Waals surface area (Å²) in [6, 6.07) is 5.93. The van der Waals surface area contributed by atoms with Crippen molar-refractivity contribution >= 4 is 11.5 Å². The predicted octanol–water partition coefficient (Wildman–Crippen LogP) is 1.63. The van der Waals surface area contributed by atoms with Crippen LogP contribution in [0, 0.1) is 6.92 Å². The van der Waals surface area contributed by atoms with Crippen LogP contribution in [0.4, 0.5) is 5.82 Å². The maximum absolute atomic E-state index is 6.11. The molecular weight excluding hydrogens is 214 g/mol. The lowest BCUT2D eigenvalue weighted by Crippen LogP contribution is -1.98. The molecule has 0 saturated carbocycles. The average molecular weight is 227 g/mol. The summed E-state index contributed by atoms with van der Waals surface area (Å²) in [4.78, 5) is 4.55. The number of hydrogen-bond donors (Lipinski definition) is 1. The Morgan fingerprint density at radius 1 is 1.29 bits per heavy atom. The second-order valence-electron chi connectivity index (χ2n) is 4.12. The molecule has 0 amide bonds. The highest BCUT2D eigenvalue weighted by atomic mass is 15.3. The number of anilines is 1. The van der Waals surface area contributed by atoms with Crippen LogP contribution in [-0.2, 0) is 7.05 Å². The summed E-state index contributed by atoms with van der Waals surface area (Å²) >= 11 is 0. The molecule has 17 heavy (non-hydrogen) atoms. The highest BCUT2D eigenvalue weighted by molar-refractivity contribution is 5.72. The molecule has 0 radical (unpaired) electrons. The zero-order valence-corrected chi connectivity index (χ0v) is 9.75. The van der Waals surface area contributed by atoms with Gasteiger partial charge in [-0.2, -0.15) is 5.10 Å². The number of rotatable bonds is 1. The summed E-state index contributed by atoms with van der Waals surface area (Å²) in [7, 11) is 1.88. The number of aromatic nitrogens is 4. The molecule has 3 rings (SSSR count). The van der Waals surface area contributed by atoms with Crippen LogP contribution in [-0.4, -0.2) is 19.2 Å². The van der Waals surface area contributed by atoms with Gasteiger partial charge in [-0.05, 0) is 30.7 Å². The van der Waals surface area contributed by atoms with Gasteiger partial charge in [0.2, 0.25) is 0 Å². The van der Waals surface area contributed by atoms with E-state index in [9.17, 15) is 0 Å². The zero-order valence-electron chi connectivity index (χ0n) is 9.75. The number of fused-ring (bicyclic) bond motifs is 1. The second kappa shape index (κ2) is 3.35. The van der Waals surface area contributed by atoms with E-state index in [2.05, 4.69) is 10.1 Å². The first-order chi connectivity index (χ1) is 8.16.